The molecule has 0 atom stereocenters. The van der Waals surface area contributed by atoms with E-state index >= 15 is 0 Å². The maximum atomic E-state index is 11.4. The maximum absolute atomic E-state index is 11.4. The van der Waals surface area contributed by atoms with Gasteiger partial charge >= 0.3 is 5.97 Å². The van der Waals surface area contributed by atoms with Crippen molar-refractivity contribution in [3.8, 4) is 11.5 Å². The zero-order chi connectivity index (χ0) is 21.9. The number of carbonyl (C=O) groups excluding carboxylic acids is 1. The minimum absolute atomic E-state index is 0.340. The Hall–Kier alpha value is -3.01. The van der Waals surface area contributed by atoms with Gasteiger partial charge in [0.15, 0.2) is 0 Å². The van der Waals surface area contributed by atoms with E-state index in [0.717, 1.165) is 22.6 Å². The van der Waals surface area contributed by atoms with Gasteiger partial charge in [0.2, 0.25) is 0 Å². The minimum atomic E-state index is -0.340. The second-order valence-electron chi connectivity index (χ2n) is 4.59. The molecule has 0 N–H and O–H groups in total. The van der Waals surface area contributed by atoms with Crippen molar-refractivity contribution in [1.29, 1.82) is 0 Å². The van der Waals surface area contributed by atoms with Crippen molar-refractivity contribution in [2.75, 3.05) is 21.3 Å². The number of rotatable bonds is 5. The number of esters is 1. The molecule has 0 amide bonds. The first-order valence-corrected chi connectivity index (χ1v) is 9.26. The van der Waals surface area contributed by atoms with E-state index in [9.17, 15) is 4.79 Å². The summed E-state index contributed by atoms with van der Waals surface area (Å²) in [5.41, 5.74) is 2.48. The average molecular weight is 387 g/mol. The van der Waals surface area contributed by atoms with Crippen LogP contribution in [0.3, 0.4) is 0 Å². The molecule has 4 nitrogen and oxygen atoms in total. The fourth-order valence-corrected chi connectivity index (χ4v) is 1.97. The molecule has 4 heteroatoms. The number of benzene rings is 2. The molecule has 0 heterocycles. The van der Waals surface area contributed by atoms with E-state index in [0.29, 0.717) is 5.56 Å². The van der Waals surface area contributed by atoms with Gasteiger partial charge in [0, 0.05) is 6.07 Å². The molecule has 0 aliphatic rings. The van der Waals surface area contributed by atoms with E-state index < -0.39 is 0 Å². The number of methoxy groups -OCH3 is 3. The van der Waals surface area contributed by atoms with Crippen molar-refractivity contribution in [1.82, 2.24) is 0 Å². The van der Waals surface area contributed by atoms with Gasteiger partial charge < -0.3 is 14.2 Å². The third-order valence-corrected chi connectivity index (χ3v) is 3.17. The van der Waals surface area contributed by atoms with Crippen molar-refractivity contribution in [2.45, 2.75) is 27.7 Å². The lowest BCUT2D eigenvalue weighted by molar-refractivity contribution is 0.0600. The standard InChI is InChI=1S/C18H18O4.2C2H6.C2H4/c1-20-16-10-14(11-17(12-16)21-2)5-4-13-6-8-15(9-7-13)18(19)22-3;3*1-2/h4-12H,1-3H3;2*1-2H3;1-2H2/b5-4+;;;. The Balaban J connectivity index is 0. The molecule has 0 radical (unpaired) electrons. The van der Waals surface area contributed by atoms with Gasteiger partial charge in [0.05, 0.1) is 26.9 Å². The van der Waals surface area contributed by atoms with E-state index in [-0.39, 0.29) is 5.97 Å². The molecule has 154 valence electrons. The highest BCUT2D eigenvalue weighted by Crippen LogP contribution is 2.23. The van der Waals surface area contributed by atoms with Crippen LogP contribution in [0.4, 0.5) is 0 Å². The van der Waals surface area contributed by atoms with Crippen molar-refractivity contribution >= 4 is 18.1 Å². The highest BCUT2D eigenvalue weighted by Gasteiger charge is 2.03. The maximum Gasteiger partial charge on any atom is 0.337 e. The van der Waals surface area contributed by atoms with Gasteiger partial charge in [-0.3, -0.25) is 0 Å². The monoisotopic (exact) mass is 386 g/mol. The van der Waals surface area contributed by atoms with E-state index in [1.54, 1.807) is 26.4 Å². The summed E-state index contributed by atoms with van der Waals surface area (Å²) in [6.45, 7) is 14.0. The second-order valence-corrected chi connectivity index (χ2v) is 4.59. The Morgan fingerprint density at radius 3 is 1.57 bits per heavy atom. The van der Waals surface area contributed by atoms with Gasteiger partial charge in [-0.25, -0.2) is 4.79 Å². The van der Waals surface area contributed by atoms with E-state index in [2.05, 4.69) is 17.9 Å². The normalized spacial score (nSPS) is 8.82. The smallest absolute Gasteiger partial charge is 0.337 e. The van der Waals surface area contributed by atoms with Gasteiger partial charge in [0.25, 0.3) is 0 Å². The summed E-state index contributed by atoms with van der Waals surface area (Å²) >= 11 is 0. The molecular formula is C24H34O4. The van der Waals surface area contributed by atoms with Gasteiger partial charge in [0.1, 0.15) is 11.5 Å². The molecule has 0 unspecified atom stereocenters. The third kappa shape index (κ3) is 9.62. The zero-order valence-corrected chi connectivity index (χ0v) is 18.2. The van der Waals surface area contributed by atoms with Gasteiger partial charge in [-0.05, 0) is 35.4 Å². The largest absolute Gasteiger partial charge is 0.497 e. The number of hydrogen-bond acceptors (Lipinski definition) is 4. The van der Waals surface area contributed by atoms with Gasteiger partial charge in [-0.1, -0.05) is 52.0 Å². The molecular weight excluding hydrogens is 352 g/mol. The fourth-order valence-electron chi connectivity index (χ4n) is 1.97. The summed E-state index contributed by atoms with van der Waals surface area (Å²) in [6, 6.07) is 12.8. The van der Waals surface area contributed by atoms with Crippen LogP contribution in [0.5, 0.6) is 11.5 Å². The highest BCUT2D eigenvalue weighted by atomic mass is 16.5. The predicted molar refractivity (Wildman–Crippen MR) is 120 cm³/mol. The Bertz CT molecular complexity index is 666. The molecule has 28 heavy (non-hydrogen) atoms. The van der Waals surface area contributed by atoms with Crippen LogP contribution in [0.1, 0.15) is 49.2 Å². The van der Waals surface area contributed by atoms with Crippen LogP contribution in [0, 0.1) is 0 Å². The van der Waals surface area contributed by atoms with E-state index in [1.165, 1.54) is 7.11 Å². The first-order chi connectivity index (χ1) is 13.7. The number of ether oxygens (including phenoxy) is 3. The highest BCUT2D eigenvalue weighted by molar-refractivity contribution is 5.89. The van der Waals surface area contributed by atoms with Crippen LogP contribution < -0.4 is 9.47 Å². The molecule has 0 saturated heterocycles. The quantitative estimate of drug-likeness (QED) is 0.333. The number of hydrogen-bond donors (Lipinski definition) is 0. The van der Waals surface area contributed by atoms with Crippen LogP contribution in [0.15, 0.2) is 55.6 Å². The van der Waals surface area contributed by atoms with Crippen LogP contribution >= 0.6 is 0 Å². The molecule has 0 spiro atoms. The summed E-state index contributed by atoms with van der Waals surface area (Å²) < 4.78 is 15.1. The predicted octanol–water partition coefficient (Wildman–Crippen LogP) is 6.52. The number of carbonyl (C=O) groups is 1. The third-order valence-electron chi connectivity index (χ3n) is 3.17. The Kier molecular flexibility index (Phi) is 16.9. The van der Waals surface area contributed by atoms with Crippen molar-refractivity contribution in [3.63, 3.8) is 0 Å². The summed E-state index contributed by atoms with van der Waals surface area (Å²) in [4.78, 5) is 11.4. The molecule has 2 rings (SSSR count). The average Bonchev–Trinajstić information content (AvgIpc) is 2.81. The second kappa shape index (κ2) is 17.4. The van der Waals surface area contributed by atoms with Gasteiger partial charge in [-0.15, -0.1) is 13.2 Å². The lowest BCUT2D eigenvalue weighted by atomic mass is 10.1. The van der Waals surface area contributed by atoms with Crippen LogP contribution in [-0.2, 0) is 4.74 Å². The van der Waals surface area contributed by atoms with E-state index in [4.69, 9.17) is 9.47 Å². The Labute approximate surface area is 170 Å². The molecule has 0 aliphatic carbocycles. The van der Waals surface area contributed by atoms with E-state index in [1.807, 2.05) is 70.2 Å². The summed E-state index contributed by atoms with van der Waals surface area (Å²) in [6.07, 6.45) is 3.91. The molecule has 0 fully saturated rings. The minimum Gasteiger partial charge on any atom is -0.497 e. The molecule has 0 aromatic heterocycles. The zero-order valence-electron chi connectivity index (χ0n) is 18.2. The Morgan fingerprint density at radius 2 is 1.18 bits per heavy atom. The fraction of sp³-hybridized carbons (Fsp3) is 0.292. The SMILES string of the molecule is C=C.CC.CC.COC(=O)c1ccc(/C=C/c2cc(OC)cc(OC)c2)cc1. The van der Waals surface area contributed by atoms with Crippen molar-refractivity contribution < 1.29 is 19.0 Å². The van der Waals surface area contributed by atoms with Crippen LogP contribution in [0.25, 0.3) is 12.2 Å². The first-order valence-electron chi connectivity index (χ1n) is 9.26. The van der Waals surface area contributed by atoms with Crippen molar-refractivity contribution in [3.05, 3.63) is 72.3 Å². The summed E-state index contributed by atoms with van der Waals surface area (Å²) in [5, 5.41) is 0. The van der Waals surface area contributed by atoms with Crippen LogP contribution in [0.2, 0.25) is 0 Å². The lowest BCUT2D eigenvalue weighted by Gasteiger charge is -2.05. The topological polar surface area (TPSA) is 44.8 Å². The molecule has 2 aromatic carbocycles. The lowest BCUT2D eigenvalue weighted by Crippen LogP contribution is -2.00. The Morgan fingerprint density at radius 1 is 0.750 bits per heavy atom. The molecule has 0 bridgehead atoms. The first kappa shape index (κ1) is 27.2. The summed E-state index contributed by atoms with van der Waals surface area (Å²) in [7, 11) is 4.61. The molecule has 0 aliphatic heterocycles. The van der Waals surface area contributed by atoms with Crippen molar-refractivity contribution in [2.24, 2.45) is 0 Å². The molecule has 2 aromatic rings. The van der Waals surface area contributed by atoms with Crippen LogP contribution in [-0.4, -0.2) is 27.3 Å². The van der Waals surface area contributed by atoms with Gasteiger partial charge in [-0.2, -0.15) is 0 Å². The molecule has 0 saturated carbocycles. The summed E-state index contributed by atoms with van der Waals surface area (Å²) in [5.74, 6) is 1.13.